The Morgan fingerprint density at radius 3 is 2.53 bits per heavy atom. The van der Waals surface area contributed by atoms with E-state index in [1.807, 2.05) is 24.3 Å². The van der Waals surface area contributed by atoms with Gasteiger partial charge in [0.25, 0.3) is 0 Å². The van der Waals surface area contributed by atoms with E-state index in [9.17, 15) is 0 Å². The molecule has 0 saturated heterocycles. The van der Waals surface area contributed by atoms with Crippen molar-refractivity contribution in [3.8, 4) is 5.75 Å². The third-order valence-corrected chi connectivity index (χ3v) is 3.12. The lowest BCUT2D eigenvalue weighted by Gasteiger charge is -2.04. The van der Waals surface area contributed by atoms with E-state index in [1.54, 1.807) is 0 Å². The molecule has 0 spiro atoms. The number of rotatable bonds is 0. The predicted molar refractivity (Wildman–Crippen MR) is 66.8 cm³/mol. The fraction of sp³-hybridized carbons (Fsp3) is 0. The third kappa shape index (κ3) is 1.20. The Hall–Kier alpha value is -2.26. The summed E-state index contributed by atoms with van der Waals surface area (Å²) in [5.74, 6) is 0.729. The van der Waals surface area contributed by atoms with Crippen LogP contribution in [0, 0.1) is 0 Å². The second kappa shape index (κ2) is 3.12. The van der Waals surface area contributed by atoms with Crippen molar-refractivity contribution in [2.45, 2.75) is 0 Å². The Balaban J connectivity index is 2.17. The van der Waals surface area contributed by atoms with Crippen LogP contribution in [0.4, 0.5) is 5.69 Å². The molecule has 0 unspecified atom stereocenters. The molecule has 0 bridgehead atoms. The maximum absolute atomic E-state index is 5.01. The standard InChI is InChI=1S/C14H9NO2/c1-2-4-10-8-12-11(7-9(10)3-1)5-6-13-14(12)15-17-16-13/h1-8,15H. The van der Waals surface area contributed by atoms with Crippen LogP contribution >= 0.6 is 0 Å². The van der Waals surface area contributed by atoms with Crippen molar-refractivity contribution < 1.29 is 9.88 Å². The topological polar surface area (TPSA) is 30.5 Å². The first-order valence-electron chi connectivity index (χ1n) is 5.47. The van der Waals surface area contributed by atoms with Gasteiger partial charge < -0.3 is 4.89 Å². The van der Waals surface area contributed by atoms with Gasteiger partial charge in [-0.1, -0.05) is 35.3 Å². The summed E-state index contributed by atoms with van der Waals surface area (Å²) in [5.41, 5.74) is 3.68. The quantitative estimate of drug-likeness (QED) is 0.466. The molecule has 3 aromatic carbocycles. The van der Waals surface area contributed by atoms with Crippen LogP contribution in [-0.4, -0.2) is 0 Å². The summed E-state index contributed by atoms with van der Waals surface area (Å²) >= 11 is 0. The van der Waals surface area contributed by atoms with E-state index in [0.29, 0.717) is 0 Å². The molecule has 0 aromatic heterocycles. The Morgan fingerprint density at radius 1 is 0.824 bits per heavy atom. The molecule has 1 heterocycles. The van der Waals surface area contributed by atoms with Gasteiger partial charge in [0.05, 0.1) is 0 Å². The average molecular weight is 223 g/mol. The van der Waals surface area contributed by atoms with Crippen LogP contribution in [0.5, 0.6) is 5.75 Å². The van der Waals surface area contributed by atoms with E-state index in [2.05, 4.69) is 29.7 Å². The minimum atomic E-state index is 0.729. The summed E-state index contributed by atoms with van der Waals surface area (Å²) in [6, 6.07) is 16.6. The number of nitrogens with one attached hydrogen (secondary N) is 1. The van der Waals surface area contributed by atoms with Gasteiger partial charge >= 0.3 is 0 Å². The van der Waals surface area contributed by atoms with Crippen molar-refractivity contribution >= 4 is 27.2 Å². The van der Waals surface area contributed by atoms with Crippen LogP contribution in [0.25, 0.3) is 21.5 Å². The van der Waals surface area contributed by atoms with Gasteiger partial charge in [-0.3, -0.25) is 0 Å². The first-order chi connectivity index (χ1) is 8.42. The maximum atomic E-state index is 5.01. The first kappa shape index (κ1) is 8.84. The van der Waals surface area contributed by atoms with Crippen molar-refractivity contribution in [1.82, 2.24) is 0 Å². The molecule has 0 saturated carbocycles. The van der Waals surface area contributed by atoms with Crippen LogP contribution in [0.15, 0.2) is 48.5 Å². The van der Waals surface area contributed by atoms with Gasteiger partial charge in [-0.15, -0.1) is 0 Å². The van der Waals surface area contributed by atoms with Crippen LogP contribution in [0.1, 0.15) is 0 Å². The molecule has 0 radical (unpaired) electrons. The molecular weight excluding hydrogens is 214 g/mol. The maximum Gasteiger partial charge on any atom is 0.194 e. The first-order valence-corrected chi connectivity index (χ1v) is 5.47. The second-order valence-electron chi connectivity index (χ2n) is 4.13. The van der Waals surface area contributed by atoms with Gasteiger partial charge in [0.2, 0.25) is 0 Å². The Kier molecular flexibility index (Phi) is 1.62. The monoisotopic (exact) mass is 223 g/mol. The number of hydrogen-bond acceptors (Lipinski definition) is 3. The normalized spacial score (nSPS) is 13.4. The Morgan fingerprint density at radius 2 is 1.65 bits per heavy atom. The van der Waals surface area contributed by atoms with E-state index < -0.39 is 0 Å². The molecule has 3 aromatic rings. The zero-order valence-corrected chi connectivity index (χ0v) is 8.94. The smallest absolute Gasteiger partial charge is 0.194 e. The lowest BCUT2D eigenvalue weighted by molar-refractivity contribution is -0.160. The summed E-state index contributed by atoms with van der Waals surface area (Å²) < 4.78 is 0. The van der Waals surface area contributed by atoms with E-state index in [1.165, 1.54) is 16.2 Å². The van der Waals surface area contributed by atoms with Gasteiger partial charge in [-0.25, -0.2) is 5.48 Å². The molecule has 4 rings (SSSR count). The summed E-state index contributed by atoms with van der Waals surface area (Å²) in [4.78, 5) is 9.79. The fourth-order valence-corrected chi connectivity index (χ4v) is 2.28. The zero-order valence-electron chi connectivity index (χ0n) is 8.94. The summed E-state index contributed by atoms with van der Waals surface area (Å²) in [6.07, 6.45) is 0. The summed E-state index contributed by atoms with van der Waals surface area (Å²) in [7, 11) is 0. The van der Waals surface area contributed by atoms with Crippen LogP contribution in [0.2, 0.25) is 0 Å². The number of anilines is 1. The highest BCUT2D eigenvalue weighted by Crippen LogP contribution is 2.38. The minimum Gasteiger partial charge on any atom is -0.312 e. The lowest BCUT2D eigenvalue weighted by atomic mass is 10.0. The largest absolute Gasteiger partial charge is 0.312 e. The molecule has 0 aliphatic carbocycles. The van der Waals surface area contributed by atoms with Gasteiger partial charge in [-0.2, -0.15) is 0 Å². The summed E-state index contributed by atoms with van der Waals surface area (Å²) in [6.45, 7) is 0. The van der Waals surface area contributed by atoms with E-state index in [-0.39, 0.29) is 0 Å². The molecule has 3 nitrogen and oxygen atoms in total. The molecule has 0 atom stereocenters. The second-order valence-corrected chi connectivity index (χ2v) is 4.13. The fourth-order valence-electron chi connectivity index (χ4n) is 2.28. The van der Waals surface area contributed by atoms with Gasteiger partial charge in [-0.05, 0) is 34.4 Å². The summed E-state index contributed by atoms with van der Waals surface area (Å²) in [5, 5.41) is 4.73. The molecule has 1 N–H and O–H groups in total. The highest BCUT2D eigenvalue weighted by atomic mass is 17.3. The third-order valence-electron chi connectivity index (χ3n) is 3.12. The number of benzene rings is 3. The molecular formula is C14H9NO2. The lowest BCUT2D eigenvalue weighted by Crippen LogP contribution is -1.92. The Bertz CT molecular complexity index is 737. The van der Waals surface area contributed by atoms with Crippen LogP contribution in [0.3, 0.4) is 0 Å². The zero-order chi connectivity index (χ0) is 11.2. The van der Waals surface area contributed by atoms with Crippen molar-refractivity contribution in [2.75, 3.05) is 5.48 Å². The van der Waals surface area contributed by atoms with E-state index >= 15 is 0 Å². The van der Waals surface area contributed by atoms with Crippen LogP contribution in [-0.2, 0) is 4.99 Å². The van der Waals surface area contributed by atoms with Crippen LogP contribution < -0.4 is 10.4 Å². The van der Waals surface area contributed by atoms with E-state index in [0.717, 1.165) is 16.8 Å². The number of hydrogen-bond donors (Lipinski definition) is 1. The van der Waals surface area contributed by atoms with E-state index in [4.69, 9.17) is 9.88 Å². The van der Waals surface area contributed by atoms with Gasteiger partial charge in [0, 0.05) is 5.39 Å². The minimum absolute atomic E-state index is 0.729. The molecule has 0 amide bonds. The SMILES string of the molecule is c1ccc2cc3c4c(ccc3cc2c1)OON4. The van der Waals surface area contributed by atoms with Crippen molar-refractivity contribution in [1.29, 1.82) is 0 Å². The highest BCUT2D eigenvalue weighted by Gasteiger charge is 2.16. The molecule has 1 aliphatic heterocycles. The van der Waals surface area contributed by atoms with Crippen molar-refractivity contribution in [3.05, 3.63) is 48.5 Å². The van der Waals surface area contributed by atoms with Crippen molar-refractivity contribution in [3.63, 3.8) is 0 Å². The van der Waals surface area contributed by atoms with Crippen molar-refractivity contribution in [2.24, 2.45) is 0 Å². The number of fused-ring (bicyclic) bond motifs is 4. The average Bonchev–Trinajstić information content (AvgIpc) is 2.85. The highest BCUT2D eigenvalue weighted by molar-refractivity contribution is 6.05. The molecule has 82 valence electrons. The van der Waals surface area contributed by atoms with Gasteiger partial charge in [0.15, 0.2) is 5.75 Å². The molecule has 17 heavy (non-hydrogen) atoms. The molecule has 1 aliphatic rings. The molecule has 3 heteroatoms. The molecule has 0 fully saturated rings. The predicted octanol–water partition coefficient (Wildman–Crippen LogP) is 3.64. The Labute approximate surface area is 97.4 Å². The van der Waals surface area contributed by atoms with Gasteiger partial charge in [0.1, 0.15) is 5.69 Å².